The fourth-order valence-electron chi connectivity index (χ4n) is 2.66. The SMILES string of the molecule is Cc1cc(C2CCCN2C(=O)c2cc(Br)ccc2Br)on1. The molecule has 1 aromatic carbocycles. The van der Waals surface area contributed by atoms with Crippen LogP contribution in [-0.2, 0) is 0 Å². The van der Waals surface area contributed by atoms with Gasteiger partial charge in [-0.15, -0.1) is 0 Å². The molecule has 6 heteroatoms. The third-order valence-corrected chi connectivity index (χ3v) is 4.83. The average molecular weight is 414 g/mol. The van der Waals surface area contributed by atoms with Crippen LogP contribution in [0, 0.1) is 6.92 Å². The van der Waals surface area contributed by atoms with Crippen molar-refractivity contribution in [1.29, 1.82) is 0 Å². The van der Waals surface area contributed by atoms with Gasteiger partial charge in [-0.1, -0.05) is 21.1 Å². The van der Waals surface area contributed by atoms with Gasteiger partial charge in [0.1, 0.15) is 0 Å². The van der Waals surface area contributed by atoms with Crippen LogP contribution in [0.1, 0.15) is 40.7 Å². The number of benzene rings is 1. The van der Waals surface area contributed by atoms with Crippen molar-refractivity contribution in [3.63, 3.8) is 0 Å². The standard InChI is InChI=1S/C15H14Br2N2O2/c1-9-7-14(21-18-9)13-3-2-6-19(13)15(20)11-8-10(16)4-5-12(11)17/h4-5,7-8,13H,2-3,6H2,1H3. The first-order valence-corrected chi connectivity index (χ1v) is 8.34. The van der Waals surface area contributed by atoms with Gasteiger partial charge in [0, 0.05) is 21.6 Å². The Bertz CT molecular complexity index is 684. The number of likely N-dealkylation sites (tertiary alicyclic amines) is 1. The lowest BCUT2D eigenvalue weighted by Crippen LogP contribution is -2.30. The maximum atomic E-state index is 12.8. The van der Waals surface area contributed by atoms with E-state index >= 15 is 0 Å². The third-order valence-electron chi connectivity index (χ3n) is 3.65. The maximum absolute atomic E-state index is 12.8. The van der Waals surface area contributed by atoms with E-state index in [1.807, 2.05) is 36.1 Å². The summed E-state index contributed by atoms with van der Waals surface area (Å²) >= 11 is 6.87. The van der Waals surface area contributed by atoms with Crippen LogP contribution in [0.3, 0.4) is 0 Å². The van der Waals surface area contributed by atoms with E-state index in [0.717, 1.165) is 39.8 Å². The zero-order valence-electron chi connectivity index (χ0n) is 11.5. The minimum Gasteiger partial charge on any atom is -0.359 e. The minimum atomic E-state index is -0.0235. The molecule has 1 amide bonds. The molecule has 1 atom stereocenters. The summed E-state index contributed by atoms with van der Waals surface area (Å²) < 4.78 is 7.04. The molecule has 0 saturated carbocycles. The second-order valence-corrected chi connectivity index (χ2v) is 6.92. The summed E-state index contributed by atoms with van der Waals surface area (Å²) in [6.07, 6.45) is 1.88. The highest BCUT2D eigenvalue weighted by molar-refractivity contribution is 9.11. The Labute approximate surface area is 139 Å². The molecule has 0 N–H and O–H groups in total. The van der Waals surface area contributed by atoms with E-state index in [4.69, 9.17) is 4.52 Å². The lowest BCUT2D eigenvalue weighted by atomic mass is 10.1. The lowest BCUT2D eigenvalue weighted by molar-refractivity contribution is 0.0713. The predicted octanol–water partition coefficient (Wildman–Crippen LogP) is 4.49. The first-order valence-electron chi connectivity index (χ1n) is 6.75. The van der Waals surface area contributed by atoms with Crippen molar-refractivity contribution >= 4 is 37.8 Å². The van der Waals surface area contributed by atoms with Crippen LogP contribution in [0.4, 0.5) is 0 Å². The highest BCUT2D eigenvalue weighted by Gasteiger charge is 2.33. The van der Waals surface area contributed by atoms with Gasteiger partial charge >= 0.3 is 0 Å². The van der Waals surface area contributed by atoms with Crippen LogP contribution in [0.5, 0.6) is 0 Å². The second kappa shape index (κ2) is 5.93. The van der Waals surface area contributed by atoms with Crippen molar-refractivity contribution in [3.8, 4) is 0 Å². The second-order valence-electron chi connectivity index (χ2n) is 5.15. The molecule has 0 spiro atoms. The number of rotatable bonds is 2. The van der Waals surface area contributed by atoms with Crippen molar-refractivity contribution in [3.05, 3.63) is 50.2 Å². The van der Waals surface area contributed by atoms with Crippen molar-refractivity contribution in [2.24, 2.45) is 0 Å². The molecule has 0 aliphatic carbocycles. The van der Waals surface area contributed by atoms with Crippen LogP contribution in [-0.4, -0.2) is 22.5 Å². The number of nitrogens with zero attached hydrogens (tertiary/aromatic N) is 2. The number of hydrogen-bond acceptors (Lipinski definition) is 3. The quantitative estimate of drug-likeness (QED) is 0.728. The molecule has 1 saturated heterocycles. The van der Waals surface area contributed by atoms with E-state index in [0.29, 0.717) is 5.56 Å². The molecule has 3 rings (SSSR count). The molecule has 0 radical (unpaired) electrons. The maximum Gasteiger partial charge on any atom is 0.255 e. The molecule has 1 fully saturated rings. The molecule has 21 heavy (non-hydrogen) atoms. The number of halogens is 2. The van der Waals surface area contributed by atoms with Crippen LogP contribution < -0.4 is 0 Å². The van der Waals surface area contributed by atoms with Crippen LogP contribution in [0.15, 0.2) is 37.7 Å². The van der Waals surface area contributed by atoms with Gasteiger partial charge < -0.3 is 9.42 Å². The zero-order chi connectivity index (χ0) is 15.0. The monoisotopic (exact) mass is 412 g/mol. The lowest BCUT2D eigenvalue weighted by Gasteiger charge is -2.23. The highest BCUT2D eigenvalue weighted by atomic mass is 79.9. The van der Waals surface area contributed by atoms with Crippen LogP contribution in [0.25, 0.3) is 0 Å². The summed E-state index contributed by atoms with van der Waals surface area (Å²) in [5, 5.41) is 3.93. The summed E-state index contributed by atoms with van der Waals surface area (Å²) in [6.45, 7) is 2.63. The van der Waals surface area contributed by atoms with Crippen molar-refractivity contribution < 1.29 is 9.32 Å². The zero-order valence-corrected chi connectivity index (χ0v) is 14.6. The van der Waals surface area contributed by atoms with E-state index in [1.54, 1.807) is 0 Å². The predicted molar refractivity (Wildman–Crippen MR) is 86.1 cm³/mol. The van der Waals surface area contributed by atoms with Crippen molar-refractivity contribution in [1.82, 2.24) is 10.1 Å². The molecule has 0 bridgehead atoms. The number of hydrogen-bond donors (Lipinski definition) is 0. The van der Waals surface area contributed by atoms with E-state index in [-0.39, 0.29) is 11.9 Å². The molecule has 1 aliphatic rings. The number of amides is 1. The third kappa shape index (κ3) is 2.92. The topological polar surface area (TPSA) is 46.3 Å². The van der Waals surface area contributed by atoms with Gasteiger partial charge in [0.2, 0.25) is 0 Å². The van der Waals surface area contributed by atoms with Crippen molar-refractivity contribution in [2.45, 2.75) is 25.8 Å². The molecule has 1 aromatic heterocycles. The Morgan fingerprint density at radius 2 is 2.19 bits per heavy atom. The molecule has 4 nitrogen and oxygen atoms in total. The Kier molecular flexibility index (Phi) is 4.17. The molecular weight excluding hydrogens is 400 g/mol. The summed E-state index contributed by atoms with van der Waals surface area (Å²) in [4.78, 5) is 14.7. The number of aryl methyl sites for hydroxylation is 1. The minimum absolute atomic E-state index is 0.0136. The van der Waals surface area contributed by atoms with Gasteiger partial charge in [0.25, 0.3) is 5.91 Å². The smallest absolute Gasteiger partial charge is 0.255 e. The van der Waals surface area contributed by atoms with E-state index in [9.17, 15) is 4.79 Å². The van der Waals surface area contributed by atoms with Crippen molar-refractivity contribution in [2.75, 3.05) is 6.54 Å². The number of carbonyl (C=O) groups excluding carboxylic acids is 1. The van der Waals surface area contributed by atoms with Gasteiger partial charge in [0.05, 0.1) is 17.3 Å². The molecule has 110 valence electrons. The average Bonchev–Trinajstić information content (AvgIpc) is 3.09. The summed E-state index contributed by atoms with van der Waals surface area (Å²) in [5.41, 5.74) is 1.50. The van der Waals surface area contributed by atoms with E-state index < -0.39 is 0 Å². The number of carbonyl (C=O) groups is 1. The van der Waals surface area contributed by atoms with E-state index in [1.165, 1.54) is 0 Å². The highest BCUT2D eigenvalue weighted by Crippen LogP contribution is 2.35. The summed E-state index contributed by atoms with van der Waals surface area (Å²) in [5.74, 6) is 0.782. The Balaban J connectivity index is 1.91. The fraction of sp³-hybridized carbons (Fsp3) is 0.333. The van der Waals surface area contributed by atoms with E-state index in [2.05, 4.69) is 37.0 Å². The Morgan fingerprint density at radius 1 is 1.38 bits per heavy atom. The molecular formula is C15H14Br2N2O2. The van der Waals surface area contributed by atoms with Crippen LogP contribution in [0.2, 0.25) is 0 Å². The summed E-state index contributed by atoms with van der Waals surface area (Å²) in [7, 11) is 0. The fourth-order valence-corrected chi connectivity index (χ4v) is 3.44. The van der Waals surface area contributed by atoms with Gasteiger partial charge in [-0.05, 0) is 53.9 Å². The first-order chi connectivity index (χ1) is 10.1. The summed E-state index contributed by atoms with van der Waals surface area (Å²) in [6, 6.07) is 7.51. The molecule has 1 unspecified atom stereocenters. The largest absolute Gasteiger partial charge is 0.359 e. The molecule has 2 aromatic rings. The van der Waals surface area contributed by atoms with Gasteiger partial charge in [-0.2, -0.15) is 0 Å². The van der Waals surface area contributed by atoms with Crippen LogP contribution >= 0.6 is 31.9 Å². The molecule has 2 heterocycles. The van der Waals surface area contributed by atoms with Gasteiger partial charge in [-0.25, -0.2) is 0 Å². The normalized spacial score (nSPS) is 18.2. The Hall–Kier alpha value is -1.14. The Morgan fingerprint density at radius 3 is 2.90 bits per heavy atom. The van der Waals surface area contributed by atoms with Gasteiger partial charge in [0.15, 0.2) is 5.76 Å². The first kappa shape index (κ1) is 14.8. The van der Waals surface area contributed by atoms with Gasteiger partial charge in [-0.3, -0.25) is 4.79 Å². The molecule has 1 aliphatic heterocycles. The number of aromatic nitrogens is 1.